The number of hydrogen-bond donors (Lipinski definition) is 1. The first-order chi connectivity index (χ1) is 10.3. The molecule has 0 aliphatic carbocycles. The van der Waals surface area contributed by atoms with Crippen LogP contribution in [0.1, 0.15) is 38.2 Å². The van der Waals surface area contributed by atoms with E-state index in [4.69, 9.17) is 0 Å². The molecule has 2 heterocycles. The molecule has 2 aliphatic rings. The Labute approximate surface area is 127 Å². The minimum atomic E-state index is 0.184. The Morgan fingerprint density at radius 3 is 2.86 bits per heavy atom. The van der Waals surface area contributed by atoms with Gasteiger partial charge in [-0.15, -0.1) is 0 Å². The van der Waals surface area contributed by atoms with Crippen molar-refractivity contribution in [3.63, 3.8) is 0 Å². The summed E-state index contributed by atoms with van der Waals surface area (Å²) in [5.74, 6) is 0.441. The largest absolute Gasteiger partial charge is 0.355 e. The van der Waals surface area contributed by atoms with E-state index in [2.05, 4.69) is 29.3 Å². The van der Waals surface area contributed by atoms with Crippen molar-refractivity contribution in [1.82, 2.24) is 10.2 Å². The second-order valence-corrected chi connectivity index (χ2v) is 6.50. The molecule has 0 bridgehead atoms. The summed E-state index contributed by atoms with van der Waals surface area (Å²) in [4.78, 5) is 15.0. The summed E-state index contributed by atoms with van der Waals surface area (Å²) in [6.07, 6.45) is 5.87. The highest BCUT2D eigenvalue weighted by Gasteiger charge is 2.42. The maximum atomic E-state index is 12.5. The van der Waals surface area contributed by atoms with Gasteiger partial charge in [-0.05, 0) is 44.7 Å². The van der Waals surface area contributed by atoms with Crippen molar-refractivity contribution in [2.24, 2.45) is 5.92 Å². The molecule has 3 rings (SSSR count). The predicted molar refractivity (Wildman–Crippen MR) is 85.1 cm³/mol. The van der Waals surface area contributed by atoms with Crippen LogP contribution in [-0.4, -0.2) is 36.0 Å². The third kappa shape index (κ3) is 3.29. The highest BCUT2D eigenvalue weighted by atomic mass is 16.1. The number of rotatable bonds is 4. The lowest BCUT2D eigenvalue weighted by Crippen LogP contribution is -2.42. The van der Waals surface area contributed by atoms with Crippen LogP contribution in [0.3, 0.4) is 0 Å². The fraction of sp³-hybridized carbons (Fsp3) is 0.611. The fourth-order valence-electron chi connectivity index (χ4n) is 3.97. The molecule has 3 atom stereocenters. The van der Waals surface area contributed by atoms with Crippen molar-refractivity contribution in [2.75, 3.05) is 13.1 Å². The number of carbonyl (C=O) groups is 1. The highest BCUT2D eigenvalue weighted by Crippen LogP contribution is 2.35. The standard InChI is InChI=1S/C18H26N2O/c1-14-17(13-16-9-5-6-12-20(14)16)18(21)19-11-10-15-7-3-2-4-8-15/h2-4,7-8,14,16-17H,5-6,9-13H2,1H3,(H,19,21)/t14-,16-,17-/m1/s1. The van der Waals surface area contributed by atoms with Gasteiger partial charge in [0.1, 0.15) is 0 Å². The number of carbonyl (C=O) groups excluding carboxylic acids is 1. The number of nitrogens with zero attached hydrogens (tertiary/aromatic N) is 1. The molecule has 1 amide bonds. The predicted octanol–water partition coefficient (Wildman–Crippen LogP) is 2.61. The van der Waals surface area contributed by atoms with E-state index in [0.717, 1.165) is 19.4 Å². The zero-order valence-corrected chi connectivity index (χ0v) is 12.9. The van der Waals surface area contributed by atoms with Crippen molar-refractivity contribution in [3.05, 3.63) is 35.9 Å². The zero-order chi connectivity index (χ0) is 14.7. The molecule has 0 saturated carbocycles. The van der Waals surface area contributed by atoms with Crippen LogP contribution in [0.2, 0.25) is 0 Å². The third-order valence-corrected chi connectivity index (χ3v) is 5.20. The summed E-state index contributed by atoms with van der Waals surface area (Å²) in [6, 6.07) is 11.4. The molecular formula is C18H26N2O. The van der Waals surface area contributed by atoms with Crippen LogP contribution in [-0.2, 0) is 11.2 Å². The Balaban J connectivity index is 1.49. The second-order valence-electron chi connectivity index (χ2n) is 6.50. The quantitative estimate of drug-likeness (QED) is 0.923. The van der Waals surface area contributed by atoms with Crippen LogP contribution >= 0.6 is 0 Å². The molecule has 2 fully saturated rings. The summed E-state index contributed by atoms with van der Waals surface area (Å²) in [5, 5.41) is 3.15. The third-order valence-electron chi connectivity index (χ3n) is 5.20. The van der Waals surface area contributed by atoms with E-state index in [9.17, 15) is 4.79 Å². The number of benzene rings is 1. The summed E-state index contributed by atoms with van der Waals surface area (Å²) in [7, 11) is 0. The minimum absolute atomic E-state index is 0.184. The first-order valence-corrected chi connectivity index (χ1v) is 8.33. The van der Waals surface area contributed by atoms with Gasteiger partial charge in [-0.3, -0.25) is 9.69 Å². The fourth-order valence-corrected chi connectivity index (χ4v) is 3.97. The first kappa shape index (κ1) is 14.6. The lowest BCUT2D eigenvalue weighted by molar-refractivity contribution is -0.125. The molecule has 0 spiro atoms. The van der Waals surface area contributed by atoms with Crippen molar-refractivity contribution in [2.45, 2.75) is 51.1 Å². The highest BCUT2D eigenvalue weighted by molar-refractivity contribution is 5.79. The van der Waals surface area contributed by atoms with Crippen LogP contribution < -0.4 is 5.32 Å². The molecule has 1 aromatic rings. The van der Waals surface area contributed by atoms with Gasteiger partial charge in [0.15, 0.2) is 0 Å². The van der Waals surface area contributed by atoms with Crippen LogP contribution in [0.15, 0.2) is 30.3 Å². The summed E-state index contributed by atoms with van der Waals surface area (Å²) in [6.45, 7) is 4.16. The monoisotopic (exact) mass is 286 g/mol. The number of nitrogens with one attached hydrogen (secondary N) is 1. The summed E-state index contributed by atoms with van der Waals surface area (Å²) >= 11 is 0. The van der Waals surface area contributed by atoms with E-state index in [1.54, 1.807) is 0 Å². The Kier molecular flexibility index (Phi) is 4.59. The van der Waals surface area contributed by atoms with Gasteiger partial charge in [-0.25, -0.2) is 0 Å². The van der Waals surface area contributed by atoms with Gasteiger partial charge in [-0.2, -0.15) is 0 Å². The van der Waals surface area contributed by atoms with Gasteiger partial charge >= 0.3 is 0 Å². The molecule has 2 aliphatic heterocycles. The maximum Gasteiger partial charge on any atom is 0.224 e. The second kappa shape index (κ2) is 6.61. The van der Waals surface area contributed by atoms with Crippen molar-refractivity contribution in [3.8, 4) is 0 Å². The van der Waals surface area contributed by atoms with Gasteiger partial charge in [0.05, 0.1) is 5.92 Å². The normalized spacial score (nSPS) is 29.1. The Hall–Kier alpha value is -1.35. The first-order valence-electron chi connectivity index (χ1n) is 8.33. The van der Waals surface area contributed by atoms with Gasteiger partial charge < -0.3 is 5.32 Å². The lowest BCUT2D eigenvalue weighted by atomic mass is 9.97. The SMILES string of the molecule is C[C@@H]1[C@H](C(=O)NCCc2ccccc2)C[C@H]2CCCCN21. The van der Waals surface area contributed by atoms with Crippen LogP contribution in [0.4, 0.5) is 0 Å². The van der Waals surface area contributed by atoms with Crippen molar-refractivity contribution < 1.29 is 4.79 Å². The minimum Gasteiger partial charge on any atom is -0.355 e. The molecule has 3 heteroatoms. The van der Waals surface area contributed by atoms with E-state index in [1.807, 2.05) is 18.2 Å². The molecule has 2 saturated heterocycles. The van der Waals surface area contributed by atoms with Crippen LogP contribution in [0.5, 0.6) is 0 Å². The van der Waals surface area contributed by atoms with Crippen LogP contribution in [0, 0.1) is 5.92 Å². The van der Waals surface area contributed by atoms with E-state index in [0.29, 0.717) is 12.1 Å². The van der Waals surface area contributed by atoms with Crippen molar-refractivity contribution >= 4 is 5.91 Å². The number of hydrogen-bond acceptors (Lipinski definition) is 2. The van der Waals surface area contributed by atoms with Crippen LogP contribution in [0.25, 0.3) is 0 Å². The Morgan fingerprint density at radius 2 is 2.10 bits per heavy atom. The van der Waals surface area contributed by atoms with Gasteiger partial charge in [0, 0.05) is 18.6 Å². The van der Waals surface area contributed by atoms with E-state index < -0.39 is 0 Å². The van der Waals surface area contributed by atoms with Gasteiger partial charge in [0.25, 0.3) is 0 Å². The van der Waals surface area contributed by atoms with Gasteiger partial charge in [0.2, 0.25) is 5.91 Å². The van der Waals surface area contributed by atoms with Crippen molar-refractivity contribution in [1.29, 1.82) is 0 Å². The van der Waals surface area contributed by atoms with E-state index >= 15 is 0 Å². The Bertz CT molecular complexity index is 473. The molecule has 0 unspecified atom stereocenters. The molecular weight excluding hydrogens is 260 g/mol. The molecule has 114 valence electrons. The summed E-state index contributed by atoms with van der Waals surface area (Å²) in [5.41, 5.74) is 1.29. The molecule has 0 radical (unpaired) electrons. The van der Waals surface area contributed by atoms with E-state index in [-0.39, 0.29) is 11.8 Å². The average Bonchev–Trinajstić information content (AvgIpc) is 2.86. The average molecular weight is 286 g/mol. The smallest absolute Gasteiger partial charge is 0.224 e. The maximum absolute atomic E-state index is 12.5. The number of fused-ring (bicyclic) bond motifs is 1. The molecule has 1 N–H and O–H groups in total. The Morgan fingerprint density at radius 1 is 1.29 bits per heavy atom. The summed E-state index contributed by atoms with van der Waals surface area (Å²) < 4.78 is 0. The molecule has 0 aromatic heterocycles. The number of piperidine rings is 1. The topological polar surface area (TPSA) is 32.3 Å². The van der Waals surface area contributed by atoms with E-state index in [1.165, 1.54) is 31.4 Å². The molecule has 21 heavy (non-hydrogen) atoms. The number of amides is 1. The zero-order valence-electron chi connectivity index (χ0n) is 12.9. The van der Waals surface area contributed by atoms with Gasteiger partial charge in [-0.1, -0.05) is 36.8 Å². The molecule has 1 aromatic carbocycles. The molecule has 3 nitrogen and oxygen atoms in total. The lowest BCUT2D eigenvalue weighted by Gasteiger charge is -2.32.